The van der Waals surface area contributed by atoms with Crippen molar-refractivity contribution in [1.29, 1.82) is 0 Å². The number of H-pyrrole nitrogens is 1. The monoisotopic (exact) mass is 413 g/mol. The lowest BCUT2D eigenvalue weighted by Crippen LogP contribution is -2.35. The molecule has 2 aromatic heterocycles. The standard InChI is InChI=1S/C22H31N5O3/c1-22(2,3)30-19(29)6-5-18(28)27-11-14-9-16(10-15(14)12-27)26(4)21-17-7-8-23-20(17)24-13-25-21/h7-8,13-16H,5-6,9-12H2,1-4H3,(H,23,24,25)/t14-,15+,16?. The first-order valence-electron chi connectivity index (χ1n) is 10.7. The molecule has 0 spiro atoms. The molecule has 2 fully saturated rings. The Balaban J connectivity index is 1.30. The van der Waals surface area contributed by atoms with Crippen LogP contribution in [-0.4, -0.2) is 63.5 Å². The molecule has 0 aromatic carbocycles. The first kappa shape index (κ1) is 20.6. The molecule has 1 N–H and O–H groups in total. The van der Waals surface area contributed by atoms with Gasteiger partial charge in [-0.15, -0.1) is 0 Å². The Morgan fingerprint density at radius 1 is 1.20 bits per heavy atom. The smallest absolute Gasteiger partial charge is 0.306 e. The molecule has 0 radical (unpaired) electrons. The number of carbonyl (C=O) groups excluding carboxylic acids is 2. The van der Waals surface area contributed by atoms with E-state index in [0.29, 0.717) is 17.9 Å². The number of aromatic nitrogens is 3. The predicted octanol–water partition coefficient (Wildman–Crippen LogP) is 2.75. The van der Waals surface area contributed by atoms with Crippen LogP contribution in [0.25, 0.3) is 11.0 Å². The largest absolute Gasteiger partial charge is 0.460 e. The van der Waals surface area contributed by atoms with Gasteiger partial charge in [0.15, 0.2) is 0 Å². The number of ether oxygens (including phenoxy) is 1. The highest BCUT2D eigenvalue weighted by Gasteiger charge is 2.43. The van der Waals surface area contributed by atoms with Crippen LogP contribution in [0.5, 0.6) is 0 Å². The summed E-state index contributed by atoms with van der Waals surface area (Å²) in [6.45, 7) is 7.08. The van der Waals surface area contributed by atoms with E-state index in [-0.39, 0.29) is 24.7 Å². The molecular weight excluding hydrogens is 382 g/mol. The Bertz CT molecular complexity index is 920. The van der Waals surface area contributed by atoms with Crippen LogP contribution in [0.4, 0.5) is 5.82 Å². The van der Waals surface area contributed by atoms with Crippen LogP contribution in [0.2, 0.25) is 0 Å². The van der Waals surface area contributed by atoms with E-state index in [1.807, 2.05) is 37.9 Å². The number of amides is 1. The second-order valence-corrected chi connectivity index (χ2v) is 9.58. The number of carbonyl (C=O) groups is 2. The minimum Gasteiger partial charge on any atom is -0.460 e. The van der Waals surface area contributed by atoms with Gasteiger partial charge in [-0.2, -0.15) is 0 Å². The fraction of sp³-hybridized carbons (Fsp3) is 0.636. The number of fused-ring (bicyclic) bond motifs is 2. The molecule has 1 aliphatic carbocycles. The molecule has 2 aliphatic rings. The lowest BCUT2D eigenvalue weighted by molar-refractivity contribution is -0.156. The molecular formula is C22H31N5O3. The summed E-state index contributed by atoms with van der Waals surface area (Å²) in [5, 5.41) is 1.04. The fourth-order valence-corrected chi connectivity index (χ4v) is 4.86. The highest BCUT2D eigenvalue weighted by atomic mass is 16.6. The van der Waals surface area contributed by atoms with Crippen LogP contribution in [0.3, 0.4) is 0 Å². The highest BCUT2D eigenvalue weighted by Crippen LogP contribution is 2.41. The maximum atomic E-state index is 12.6. The van der Waals surface area contributed by atoms with Crippen LogP contribution in [0.15, 0.2) is 18.6 Å². The topological polar surface area (TPSA) is 91.4 Å². The minimum atomic E-state index is -0.512. The molecule has 162 valence electrons. The molecule has 1 saturated carbocycles. The maximum absolute atomic E-state index is 12.6. The van der Waals surface area contributed by atoms with E-state index >= 15 is 0 Å². The van der Waals surface area contributed by atoms with Gasteiger partial charge < -0.3 is 19.5 Å². The second-order valence-electron chi connectivity index (χ2n) is 9.58. The van der Waals surface area contributed by atoms with E-state index in [0.717, 1.165) is 42.8 Å². The van der Waals surface area contributed by atoms with E-state index in [1.54, 1.807) is 6.33 Å². The van der Waals surface area contributed by atoms with Gasteiger partial charge in [-0.1, -0.05) is 0 Å². The van der Waals surface area contributed by atoms with Crippen molar-refractivity contribution in [3.63, 3.8) is 0 Å². The van der Waals surface area contributed by atoms with Crippen molar-refractivity contribution in [3.05, 3.63) is 18.6 Å². The average Bonchev–Trinajstić information content (AvgIpc) is 3.37. The number of aromatic amines is 1. The van der Waals surface area contributed by atoms with Gasteiger partial charge in [-0.25, -0.2) is 9.97 Å². The van der Waals surface area contributed by atoms with Crippen molar-refractivity contribution in [3.8, 4) is 0 Å². The van der Waals surface area contributed by atoms with Crippen molar-refractivity contribution in [2.75, 3.05) is 25.0 Å². The summed E-state index contributed by atoms with van der Waals surface area (Å²) >= 11 is 0. The van der Waals surface area contributed by atoms with Crippen LogP contribution in [-0.2, 0) is 14.3 Å². The molecule has 8 heteroatoms. The summed E-state index contributed by atoms with van der Waals surface area (Å²) in [6, 6.07) is 2.43. The predicted molar refractivity (Wildman–Crippen MR) is 114 cm³/mol. The molecule has 3 atom stereocenters. The number of nitrogens with one attached hydrogen (secondary N) is 1. The van der Waals surface area contributed by atoms with E-state index < -0.39 is 5.60 Å². The van der Waals surface area contributed by atoms with Crippen molar-refractivity contribution in [2.45, 2.75) is 58.1 Å². The molecule has 3 heterocycles. The third-order valence-electron chi connectivity index (χ3n) is 6.26. The van der Waals surface area contributed by atoms with E-state index in [9.17, 15) is 9.59 Å². The summed E-state index contributed by atoms with van der Waals surface area (Å²) in [5.74, 6) is 1.72. The Kier molecular flexibility index (Phi) is 5.42. The number of hydrogen-bond acceptors (Lipinski definition) is 6. The molecule has 2 aromatic rings. The van der Waals surface area contributed by atoms with Gasteiger partial charge in [0.1, 0.15) is 23.4 Å². The number of anilines is 1. The van der Waals surface area contributed by atoms with Crippen molar-refractivity contribution in [2.24, 2.45) is 11.8 Å². The summed E-state index contributed by atoms with van der Waals surface area (Å²) < 4.78 is 5.30. The lowest BCUT2D eigenvalue weighted by atomic mass is 10.0. The minimum absolute atomic E-state index is 0.0602. The van der Waals surface area contributed by atoms with Crippen molar-refractivity contribution >= 4 is 28.7 Å². The molecule has 4 rings (SSSR count). The Morgan fingerprint density at radius 3 is 2.57 bits per heavy atom. The number of hydrogen-bond donors (Lipinski definition) is 1. The van der Waals surface area contributed by atoms with Crippen molar-refractivity contribution < 1.29 is 14.3 Å². The van der Waals surface area contributed by atoms with Gasteiger partial charge in [0.25, 0.3) is 0 Å². The van der Waals surface area contributed by atoms with E-state index in [2.05, 4.69) is 26.9 Å². The first-order valence-corrected chi connectivity index (χ1v) is 10.7. The molecule has 1 unspecified atom stereocenters. The zero-order chi connectivity index (χ0) is 21.5. The normalized spacial score (nSPS) is 23.6. The number of esters is 1. The Labute approximate surface area is 177 Å². The van der Waals surface area contributed by atoms with Crippen LogP contribution in [0.1, 0.15) is 46.5 Å². The van der Waals surface area contributed by atoms with Gasteiger partial charge >= 0.3 is 5.97 Å². The number of rotatable bonds is 5. The molecule has 0 bridgehead atoms. The quantitative estimate of drug-likeness (QED) is 0.758. The summed E-state index contributed by atoms with van der Waals surface area (Å²) in [7, 11) is 2.10. The highest BCUT2D eigenvalue weighted by molar-refractivity contribution is 5.87. The third-order valence-corrected chi connectivity index (χ3v) is 6.26. The summed E-state index contributed by atoms with van der Waals surface area (Å²) in [4.78, 5) is 40.6. The Hall–Kier alpha value is -2.64. The third kappa shape index (κ3) is 4.27. The van der Waals surface area contributed by atoms with Gasteiger partial charge in [0, 0.05) is 38.8 Å². The van der Waals surface area contributed by atoms with Gasteiger partial charge in [-0.3, -0.25) is 9.59 Å². The number of nitrogens with zero attached hydrogens (tertiary/aromatic N) is 4. The van der Waals surface area contributed by atoms with Crippen LogP contribution < -0.4 is 4.90 Å². The molecule has 1 amide bonds. The van der Waals surface area contributed by atoms with Crippen LogP contribution in [0, 0.1) is 11.8 Å². The maximum Gasteiger partial charge on any atom is 0.306 e. The van der Waals surface area contributed by atoms with E-state index in [1.165, 1.54) is 0 Å². The fourth-order valence-electron chi connectivity index (χ4n) is 4.86. The SMILES string of the molecule is CN(c1ncnc2[nH]ccc12)C1C[C@@H]2CN(C(=O)CCC(=O)OC(C)(C)C)C[C@@H]2C1. The molecule has 30 heavy (non-hydrogen) atoms. The summed E-state index contributed by atoms with van der Waals surface area (Å²) in [6.07, 6.45) is 5.96. The second kappa shape index (κ2) is 7.89. The van der Waals surface area contributed by atoms with Gasteiger partial charge in [0.05, 0.1) is 11.8 Å². The molecule has 8 nitrogen and oxygen atoms in total. The average molecular weight is 414 g/mol. The molecule has 1 saturated heterocycles. The summed E-state index contributed by atoms with van der Waals surface area (Å²) in [5.41, 5.74) is 0.341. The van der Waals surface area contributed by atoms with Crippen molar-refractivity contribution in [1.82, 2.24) is 19.9 Å². The zero-order valence-corrected chi connectivity index (χ0v) is 18.2. The first-order chi connectivity index (χ1) is 14.2. The zero-order valence-electron chi connectivity index (χ0n) is 18.2. The lowest BCUT2D eigenvalue weighted by Gasteiger charge is -2.28. The number of likely N-dealkylation sites (tertiary alicyclic amines) is 1. The van der Waals surface area contributed by atoms with Gasteiger partial charge in [0.2, 0.25) is 5.91 Å². The molecule has 1 aliphatic heterocycles. The van der Waals surface area contributed by atoms with E-state index in [4.69, 9.17) is 4.74 Å². The Morgan fingerprint density at radius 2 is 1.90 bits per heavy atom. The van der Waals surface area contributed by atoms with Crippen LogP contribution >= 0.6 is 0 Å². The van der Waals surface area contributed by atoms with Gasteiger partial charge in [-0.05, 0) is 51.5 Å².